The molecule has 4 nitrogen and oxygen atoms in total. The van der Waals surface area contributed by atoms with Gasteiger partial charge in [-0.3, -0.25) is 9.69 Å². The number of alkyl halides is 3. The number of carbonyl (C=O) groups excluding carboxylic acids is 1. The predicted octanol–water partition coefficient (Wildman–Crippen LogP) is 1.69. The number of halogens is 4. The van der Waals surface area contributed by atoms with E-state index in [-0.39, 0.29) is 6.54 Å². The zero-order valence-corrected chi connectivity index (χ0v) is 11.1. The molecule has 1 fully saturated rings. The van der Waals surface area contributed by atoms with Gasteiger partial charge >= 0.3 is 6.18 Å². The molecule has 116 valence electrons. The first-order valence-corrected chi connectivity index (χ1v) is 6.46. The Morgan fingerprint density at radius 1 is 1.29 bits per heavy atom. The number of nitrogens with zero attached hydrogens (tertiary/aromatic N) is 1. The lowest BCUT2D eigenvalue weighted by Crippen LogP contribution is -2.46. The first-order chi connectivity index (χ1) is 9.86. The van der Waals surface area contributed by atoms with Crippen molar-refractivity contribution in [2.45, 2.75) is 6.18 Å². The molecule has 8 heteroatoms. The van der Waals surface area contributed by atoms with Crippen LogP contribution in [0.3, 0.4) is 0 Å². The molecular formula is C13H15F4N3O. The topological polar surface area (TPSA) is 44.4 Å². The molecule has 0 saturated carbocycles. The van der Waals surface area contributed by atoms with Crippen molar-refractivity contribution in [3.05, 3.63) is 29.6 Å². The van der Waals surface area contributed by atoms with Gasteiger partial charge in [-0.25, -0.2) is 4.39 Å². The van der Waals surface area contributed by atoms with Crippen LogP contribution in [0.4, 0.5) is 23.2 Å². The Hall–Kier alpha value is -1.67. The summed E-state index contributed by atoms with van der Waals surface area (Å²) in [7, 11) is 0. The molecular weight excluding hydrogens is 290 g/mol. The highest BCUT2D eigenvalue weighted by molar-refractivity contribution is 5.92. The van der Waals surface area contributed by atoms with Crippen LogP contribution in [0.2, 0.25) is 0 Å². The summed E-state index contributed by atoms with van der Waals surface area (Å²) in [5.41, 5.74) is -1.45. The maximum absolute atomic E-state index is 13.5. The van der Waals surface area contributed by atoms with Gasteiger partial charge in [-0.05, 0) is 18.2 Å². The van der Waals surface area contributed by atoms with E-state index in [9.17, 15) is 22.4 Å². The Bertz CT molecular complexity index is 513. The van der Waals surface area contributed by atoms with Crippen LogP contribution in [-0.2, 0) is 11.0 Å². The third-order valence-corrected chi connectivity index (χ3v) is 3.14. The SMILES string of the molecule is O=C(CN1CCNCC1)Nc1cc(C(F)(F)F)ccc1F. The molecule has 1 aromatic carbocycles. The molecule has 0 atom stereocenters. The number of benzene rings is 1. The molecule has 1 amide bonds. The van der Waals surface area contributed by atoms with Gasteiger partial charge < -0.3 is 10.6 Å². The van der Waals surface area contributed by atoms with Crippen LogP contribution in [0.1, 0.15) is 5.56 Å². The lowest BCUT2D eigenvalue weighted by molar-refractivity contribution is -0.137. The highest BCUT2D eigenvalue weighted by Gasteiger charge is 2.31. The van der Waals surface area contributed by atoms with Crippen LogP contribution in [-0.4, -0.2) is 43.5 Å². The number of rotatable bonds is 3. The molecule has 1 aliphatic rings. The fourth-order valence-corrected chi connectivity index (χ4v) is 2.06. The summed E-state index contributed by atoms with van der Waals surface area (Å²) >= 11 is 0. The zero-order valence-electron chi connectivity index (χ0n) is 11.1. The molecule has 2 N–H and O–H groups in total. The van der Waals surface area contributed by atoms with Crippen LogP contribution in [0.5, 0.6) is 0 Å². The van der Waals surface area contributed by atoms with Gasteiger partial charge in [0, 0.05) is 26.2 Å². The fourth-order valence-electron chi connectivity index (χ4n) is 2.06. The van der Waals surface area contributed by atoms with Crippen LogP contribution in [0.25, 0.3) is 0 Å². The number of anilines is 1. The molecule has 1 aliphatic heterocycles. The molecule has 0 aliphatic carbocycles. The van der Waals surface area contributed by atoms with Crippen molar-refractivity contribution < 1.29 is 22.4 Å². The molecule has 2 rings (SSSR count). The standard InChI is InChI=1S/C13H15F4N3O/c14-10-2-1-9(13(15,16)17)7-11(10)19-12(21)8-20-5-3-18-4-6-20/h1-2,7,18H,3-6,8H2,(H,19,21). The number of nitrogens with one attached hydrogen (secondary N) is 2. The molecule has 0 unspecified atom stereocenters. The van der Waals surface area contributed by atoms with Gasteiger partial charge in [0.1, 0.15) is 5.82 Å². The lowest BCUT2D eigenvalue weighted by atomic mass is 10.2. The van der Waals surface area contributed by atoms with Crippen molar-refractivity contribution in [1.82, 2.24) is 10.2 Å². The number of hydrogen-bond donors (Lipinski definition) is 2. The number of amides is 1. The third-order valence-electron chi connectivity index (χ3n) is 3.14. The summed E-state index contributed by atoms with van der Waals surface area (Å²) in [6.07, 6.45) is -4.58. The predicted molar refractivity (Wildman–Crippen MR) is 69.3 cm³/mol. The summed E-state index contributed by atoms with van der Waals surface area (Å²) in [6.45, 7) is 2.84. The smallest absolute Gasteiger partial charge is 0.322 e. The Morgan fingerprint density at radius 2 is 1.95 bits per heavy atom. The van der Waals surface area contributed by atoms with Gasteiger partial charge in [-0.1, -0.05) is 0 Å². The Balaban J connectivity index is 2.02. The molecule has 1 heterocycles. The molecule has 0 radical (unpaired) electrons. The minimum absolute atomic E-state index is 0.0252. The van der Waals surface area contributed by atoms with Crippen LogP contribution >= 0.6 is 0 Å². The van der Waals surface area contributed by atoms with Gasteiger partial charge in [-0.2, -0.15) is 13.2 Å². The van der Waals surface area contributed by atoms with Gasteiger partial charge in [0.25, 0.3) is 0 Å². The second-order valence-electron chi connectivity index (χ2n) is 4.77. The highest BCUT2D eigenvalue weighted by atomic mass is 19.4. The summed E-state index contributed by atoms with van der Waals surface area (Å²) in [6, 6.07) is 1.94. The number of hydrogen-bond acceptors (Lipinski definition) is 3. The van der Waals surface area contributed by atoms with E-state index in [1.54, 1.807) is 0 Å². The Morgan fingerprint density at radius 3 is 2.57 bits per heavy atom. The first kappa shape index (κ1) is 15.7. The van der Waals surface area contributed by atoms with E-state index in [4.69, 9.17) is 0 Å². The molecule has 0 bridgehead atoms. The Kier molecular flexibility index (Phi) is 4.79. The number of piperazine rings is 1. The van der Waals surface area contributed by atoms with Crippen molar-refractivity contribution in [3.8, 4) is 0 Å². The molecule has 1 saturated heterocycles. The van der Waals surface area contributed by atoms with E-state index in [1.807, 2.05) is 4.90 Å². The van der Waals surface area contributed by atoms with Crippen molar-refractivity contribution in [1.29, 1.82) is 0 Å². The largest absolute Gasteiger partial charge is 0.416 e. The summed E-state index contributed by atoms with van der Waals surface area (Å²) < 4.78 is 51.2. The van der Waals surface area contributed by atoms with E-state index >= 15 is 0 Å². The highest BCUT2D eigenvalue weighted by Crippen LogP contribution is 2.31. The van der Waals surface area contributed by atoms with E-state index < -0.39 is 29.2 Å². The maximum atomic E-state index is 13.5. The number of carbonyl (C=O) groups is 1. The van der Waals surface area contributed by atoms with Crippen LogP contribution in [0, 0.1) is 5.82 Å². The fraction of sp³-hybridized carbons (Fsp3) is 0.462. The second kappa shape index (κ2) is 6.40. The second-order valence-corrected chi connectivity index (χ2v) is 4.77. The summed E-state index contributed by atoms with van der Waals surface area (Å²) in [4.78, 5) is 13.6. The van der Waals surface area contributed by atoms with Crippen molar-refractivity contribution >= 4 is 11.6 Å². The first-order valence-electron chi connectivity index (χ1n) is 6.46. The average molecular weight is 305 g/mol. The van der Waals surface area contributed by atoms with E-state index in [0.29, 0.717) is 31.3 Å². The molecule has 0 aromatic heterocycles. The molecule has 0 spiro atoms. The quantitative estimate of drug-likeness (QED) is 0.835. The molecule has 21 heavy (non-hydrogen) atoms. The van der Waals surface area contributed by atoms with Gasteiger partial charge in [-0.15, -0.1) is 0 Å². The minimum Gasteiger partial charge on any atom is -0.322 e. The van der Waals surface area contributed by atoms with Crippen molar-refractivity contribution in [3.63, 3.8) is 0 Å². The van der Waals surface area contributed by atoms with Gasteiger partial charge in [0.15, 0.2) is 0 Å². The minimum atomic E-state index is -4.58. The van der Waals surface area contributed by atoms with Crippen LogP contribution in [0.15, 0.2) is 18.2 Å². The molecule has 1 aromatic rings. The van der Waals surface area contributed by atoms with Crippen LogP contribution < -0.4 is 10.6 Å². The summed E-state index contributed by atoms with van der Waals surface area (Å²) in [5.74, 6) is -1.42. The normalized spacial score (nSPS) is 16.8. The zero-order chi connectivity index (χ0) is 15.5. The third kappa shape index (κ3) is 4.40. The van der Waals surface area contributed by atoms with Gasteiger partial charge in [0.05, 0.1) is 17.8 Å². The lowest BCUT2D eigenvalue weighted by Gasteiger charge is -2.26. The van der Waals surface area contributed by atoms with Gasteiger partial charge in [0.2, 0.25) is 5.91 Å². The Labute approximate surface area is 119 Å². The van der Waals surface area contributed by atoms with E-state index in [0.717, 1.165) is 13.1 Å². The summed E-state index contributed by atoms with van der Waals surface area (Å²) in [5, 5.41) is 5.31. The van der Waals surface area contributed by atoms with E-state index in [2.05, 4.69) is 10.6 Å². The average Bonchev–Trinajstić information content (AvgIpc) is 2.41. The monoisotopic (exact) mass is 305 g/mol. The van der Waals surface area contributed by atoms with Crippen molar-refractivity contribution in [2.75, 3.05) is 38.0 Å². The van der Waals surface area contributed by atoms with Crippen molar-refractivity contribution in [2.24, 2.45) is 0 Å². The maximum Gasteiger partial charge on any atom is 0.416 e. The van der Waals surface area contributed by atoms with E-state index in [1.165, 1.54) is 0 Å².